The topological polar surface area (TPSA) is 221 Å². The number of carboxylic acids is 4. The molecule has 18 heteroatoms. The van der Waals surface area contributed by atoms with E-state index < -0.39 is 79.8 Å². The van der Waals surface area contributed by atoms with E-state index in [0.717, 1.165) is 21.9 Å². The van der Waals surface area contributed by atoms with Gasteiger partial charge in [-0.3, -0.25) is 43.5 Å². The van der Waals surface area contributed by atoms with E-state index in [1.165, 1.54) is 11.0 Å². The maximum atomic E-state index is 13.3. The Morgan fingerprint density at radius 3 is 1.64 bits per heavy atom. The van der Waals surface area contributed by atoms with Crippen molar-refractivity contribution in [3.63, 3.8) is 0 Å². The molecule has 2 aromatic rings. The van der Waals surface area contributed by atoms with Crippen LogP contribution in [-0.4, -0.2) is 129 Å². The van der Waals surface area contributed by atoms with E-state index in [1.54, 1.807) is 0 Å². The van der Waals surface area contributed by atoms with Gasteiger partial charge in [0, 0.05) is 43.3 Å². The molecule has 0 aliphatic carbocycles. The van der Waals surface area contributed by atoms with Crippen molar-refractivity contribution in [1.29, 1.82) is 0 Å². The lowest BCUT2D eigenvalue weighted by atomic mass is 10.1. The normalized spacial score (nSPS) is 11.8. The van der Waals surface area contributed by atoms with Gasteiger partial charge in [0.05, 0.1) is 43.8 Å². The number of anilines is 1. The van der Waals surface area contributed by atoms with Gasteiger partial charge in [-0.15, -0.1) is 0 Å². The fourth-order valence-corrected chi connectivity index (χ4v) is 4.00. The van der Waals surface area contributed by atoms with E-state index in [9.17, 15) is 52.2 Å². The monoisotopic (exact) mass is 603 g/mol. The van der Waals surface area contributed by atoms with E-state index in [0.29, 0.717) is 6.07 Å². The lowest BCUT2D eigenvalue weighted by Crippen LogP contribution is -2.46. The first-order valence-corrected chi connectivity index (χ1v) is 12.1. The van der Waals surface area contributed by atoms with Crippen LogP contribution in [0.3, 0.4) is 0 Å². The maximum absolute atomic E-state index is 13.3. The number of fused-ring (bicyclic) bond motifs is 1. The fraction of sp³-hybridized carbons (Fsp3) is 0.417. The molecule has 0 saturated carbocycles. The highest BCUT2D eigenvalue weighted by molar-refractivity contribution is 5.95. The third-order valence-corrected chi connectivity index (χ3v) is 5.70. The molecule has 0 unspecified atom stereocenters. The Bertz CT molecular complexity index is 1360. The number of carboxylic acid groups (broad SMARTS) is 4. The average Bonchev–Trinajstić information content (AvgIpc) is 2.82. The summed E-state index contributed by atoms with van der Waals surface area (Å²) in [6, 6.07) is 3.75. The molecule has 6 N–H and O–H groups in total. The third-order valence-electron chi connectivity index (χ3n) is 5.70. The van der Waals surface area contributed by atoms with Crippen LogP contribution in [0.25, 0.3) is 10.9 Å². The second-order valence-electron chi connectivity index (χ2n) is 9.13. The van der Waals surface area contributed by atoms with Crippen LogP contribution in [0.15, 0.2) is 29.1 Å². The van der Waals surface area contributed by atoms with Gasteiger partial charge in [0.1, 0.15) is 0 Å². The zero-order valence-corrected chi connectivity index (χ0v) is 21.9. The molecule has 1 heterocycles. The van der Waals surface area contributed by atoms with E-state index in [-0.39, 0.29) is 42.8 Å². The van der Waals surface area contributed by atoms with Crippen molar-refractivity contribution in [2.75, 3.05) is 64.2 Å². The Morgan fingerprint density at radius 2 is 1.17 bits per heavy atom. The quantitative estimate of drug-likeness (QED) is 0.137. The van der Waals surface area contributed by atoms with Crippen molar-refractivity contribution >= 4 is 46.4 Å². The molecule has 15 nitrogen and oxygen atoms in total. The molecule has 230 valence electrons. The molecular weight excluding hydrogens is 575 g/mol. The predicted molar refractivity (Wildman–Crippen MR) is 138 cm³/mol. The molecule has 0 bridgehead atoms. The summed E-state index contributed by atoms with van der Waals surface area (Å²) in [6.45, 7) is -3.40. The smallest absolute Gasteiger partial charge is 0.417 e. The highest BCUT2D eigenvalue weighted by Gasteiger charge is 2.33. The number of aliphatic carboxylic acids is 4. The Hall–Kier alpha value is -4.55. The number of benzene rings is 1. The Labute approximate surface area is 234 Å². The van der Waals surface area contributed by atoms with Gasteiger partial charge in [-0.25, -0.2) is 0 Å². The second-order valence-corrected chi connectivity index (χ2v) is 9.13. The number of nitrogens with zero attached hydrogens (tertiary/aromatic N) is 3. The molecule has 0 aliphatic rings. The van der Waals surface area contributed by atoms with Crippen molar-refractivity contribution in [3.05, 3.63) is 40.2 Å². The molecule has 42 heavy (non-hydrogen) atoms. The number of hydrogen-bond acceptors (Lipinski definition) is 9. The van der Waals surface area contributed by atoms with Crippen LogP contribution in [-0.2, 0) is 30.1 Å². The lowest BCUT2D eigenvalue weighted by molar-refractivity contribution is -0.143. The number of halogens is 3. The summed E-state index contributed by atoms with van der Waals surface area (Å²) in [5.41, 5.74) is -2.35. The van der Waals surface area contributed by atoms with E-state index in [4.69, 9.17) is 10.2 Å². The highest BCUT2D eigenvalue weighted by Crippen LogP contribution is 2.33. The Morgan fingerprint density at radius 1 is 0.714 bits per heavy atom. The van der Waals surface area contributed by atoms with Gasteiger partial charge >= 0.3 is 30.1 Å². The first-order valence-electron chi connectivity index (χ1n) is 12.1. The van der Waals surface area contributed by atoms with Gasteiger partial charge in [-0.05, 0) is 12.1 Å². The fourth-order valence-electron chi connectivity index (χ4n) is 4.00. The molecule has 0 atom stereocenters. The van der Waals surface area contributed by atoms with Crippen LogP contribution in [0.4, 0.5) is 18.9 Å². The lowest BCUT2D eigenvalue weighted by Gasteiger charge is -2.27. The summed E-state index contributed by atoms with van der Waals surface area (Å²) in [5.74, 6) is -5.92. The Balaban J connectivity index is 2.11. The van der Waals surface area contributed by atoms with Crippen LogP contribution in [0, 0.1) is 0 Å². The first kappa shape index (κ1) is 33.7. The molecule has 0 aliphatic heterocycles. The SMILES string of the molecule is O=C(O)CN(CCN(CC(=O)O)CC(=O)O)CCN(CC(=O)O)CC(=O)Nc1ccc2c(C(F)(F)F)cc(=O)[nH]c2c1. The van der Waals surface area contributed by atoms with Crippen LogP contribution in [0.5, 0.6) is 0 Å². The number of aromatic nitrogens is 1. The largest absolute Gasteiger partial charge is 0.480 e. The van der Waals surface area contributed by atoms with Crippen LogP contribution < -0.4 is 10.9 Å². The number of rotatable bonds is 17. The van der Waals surface area contributed by atoms with Gasteiger partial charge in [0.15, 0.2) is 0 Å². The van der Waals surface area contributed by atoms with Crippen molar-refractivity contribution in [1.82, 2.24) is 19.7 Å². The van der Waals surface area contributed by atoms with Gasteiger partial charge in [0.2, 0.25) is 11.5 Å². The summed E-state index contributed by atoms with van der Waals surface area (Å²) < 4.78 is 39.8. The van der Waals surface area contributed by atoms with Crippen molar-refractivity contribution in [2.24, 2.45) is 0 Å². The van der Waals surface area contributed by atoms with Gasteiger partial charge in [0.25, 0.3) is 0 Å². The highest BCUT2D eigenvalue weighted by atomic mass is 19.4. The minimum Gasteiger partial charge on any atom is -0.480 e. The van der Waals surface area contributed by atoms with Crippen LogP contribution in [0.2, 0.25) is 0 Å². The Kier molecular flexibility index (Phi) is 11.9. The zero-order valence-electron chi connectivity index (χ0n) is 21.9. The number of H-pyrrole nitrogens is 1. The van der Waals surface area contributed by atoms with Gasteiger partial charge in [-0.1, -0.05) is 6.07 Å². The number of hydrogen-bond donors (Lipinski definition) is 6. The number of alkyl halides is 3. The molecule has 1 aromatic carbocycles. The molecule has 0 saturated heterocycles. The number of aromatic amines is 1. The number of pyridine rings is 1. The average molecular weight is 604 g/mol. The number of nitrogens with one attached hydrogen (secondary N) is 2. The molecule has 0 spiro atoms. The van der Waals surface area contributed by atoms with Crippen molar-refractivity contribution in [3.8, 4) is 0 Å². The number of carbonyl (C=O) groups is 5. The number of carbonyl (C=O) groups excluding carboxylic acids is 1. The molecule has 1 amide bonds. The standard InChI is InChI=1S/C24H28F3N5O10/c25-24(26,27)16-8-18(33)29-17-7-14(1-2-15(16)17)28-19(34)9-31(11-21(37)38)5-3-30(10-20(35)36)4-6-32(12-22(39)40)13-23(41)42/h1-2,7-8H,3-6,9-13H2,(H,28,34)(H,29,33)(H,35,36)(H,37,38)(H,39,40)(H,41,42). The summed E-state index contributed by atoms with van der Waals surface area (Å²) in [7, 11) is 0. The molecular formula is C24H28F3N5O10. The van der Waals surface area contributed by atoms with E-state index >= 15 is 0 Å². The summed E-state index contributed by atoms with van der Waals surface area (Å²) in [4.78, 5) is 74.8. The summed E-state index contributed by atoms with van der Waals surface area (Å²) in [6.07, 6.45) is -4.80. The van der Waals surface area contributed by atoms with Gasteiger partial charge < -0.3 is 30.7 Å². The van der Waals surface area contributed by atoms with Crippen molar-refractivity contribution < 1.29 is 57.6 Å². The van der Waals surface area contributed by atoms with Gasteiger partial charge in [-0.2, -0.15) is 13.2 Å². The molecule has 0 fully saturated rings. The third kappa shape index (κ3) is 11.5. The van der Waals surface area contributed by atoms with Crippen LogP contribution in [0.1, 0.15) is 5.56 Å². The zero-order chi connectivity index (χ0) is 31.6. The molecule has 0 radical (unpaired) electrons. The maximum Gasteiger partial charge on any atom is 0.417 e. The summed E-state index contributed by atoms with van der Waals surface area (Å²) >= 11 is 0. The number of amides is 1. The van der Waals surface area contributed by atoms with E-state index in [2.05, 4.69) is 10.3 Å². The minimum atomic E-state index is -4.80. The van der Waals surface area contributed by atoms with Crippen molar-refractivity contribution in [2.45, 2.75) is 6.18 Å². The second kappa shape index (κ2) is 14.9. The van der Waals surface area contributed by atoms with Crippen LogP contribution >= 0.6 is 0 Å². The minimum absolute atomic E-state index is 0.0159. The van der Waals surface area contributed by atoms with E-state index in [1.807, 2.05) is 0 Å². The summed E-state index contributed by atoms with van der Waals surface area (Å²) in [5, 5.41) is 38.5. The molecule has 2 rings (SSSR count). The molecule has 1 aromatic heterocycles. The first-order chi connectivity index (χ1) is 19.5. The predicted octanol–water partition coefficient (Wildman–Crippen LogP) is -0.270.